The number of halogens is 13. The molecule has 0 fully saturated rings. The molecule has 0 radical (unpaired) electrons. The first-order chi connectivity index (χ1) is 26.4. The topological polar surface area (TPSA) is 94.2 Å². The summed E-state index contributed by atoms with van der Waals surface area (Å²) in [4.78, 5) is 4.22. The third-order valence-corrected chi connectivity index (χ3v) is 8.44. The summed E-state index contributed by atoms with van der Waals surface area (Å²) in [5.41, 5.74) is -11.4. The second-order valence-corrected chi connectivity index (χ2v) is 12.3. The number of aromatic nitrogens is 1. The van der Waals surface area contributed by atoms with Crippen LogP contribution in [-0.2, 0) is 29.2 Å². The first-order valence-corrected chi connectivity index (χ1v) is 16.2. The largest absolute Gasteiger partial charge is 0.508 e. The van der Waals surface area contributed by atoms with E-state index in [0.717, 1.165) is 24.3 Å². The quantitative estimate of drug-likeness (QED) is 0.135. The van der Waals surface area contributed by atoms with Gasteiger partial charge in [-0.2, -0.15) is 52.7 Å². The molecule has 1 heterocycles. The highest BCUT2D eigenvalue weighted by molar-refractivity contribution is 6.33. The highest BCUT2D eigenvalue weighted by atomic mass is 35.5. The Labute approximate surface area is 320 Å². The van der Waals surface area contributed by atoms with E-state index in [1.807, 2.05) is 0 Å². The molecule has 5 rings (SSSR count). The van der Waals surface area contributed by atoms with Crippen molar-refractivity contribution in [3.05, 3.63) is 130 Å². The van der Waals surface area contributed by atoms with Crippen molar-refractivity contribution < 1.29 is 81.5 Å². The molecule has 0 amide bonds. The number of oxazole rings is 1. The average molecular weight is 846 g/mol. The predicted molar refractivity (Wildman–Crippen MR) is 178 cm³/mol. The van der Waals surface area contributed by atoms with Gasteiger partial charge in [-0.05, 0) is 61.0 Å². The van der Waals surface area contributed by atoms with Gasteiger partial charge in [0.2, 0.25) is 5.89 Å². The molecule has 4 aromatic carbocycles. The van der Waals surface area contributed by atoms with Crippen molar-refractivity contribution in [2.24, 2.45) is 0 Å². The van der Waals surface area contributed by atoms with Crippen LogP contribution in [0.5, 0.6) is 17.2 Å². The molecule has 0 aliphatic heterocycles. The molecule has 0 atom stereocenters. The summed E-state index contributed by atoms with van der Waals surface area (Å²) in [6, 6.07) is 18.0. The summed E-state index contributed by atoms with van der Waals surface area (Å²) < 4.78 is 180. The van der Waals surface area contributed by atoms with Crippen LogP contribution >= 0.6 is 11.6 Å². The van der Waals surface area contributed by atoms with Gasteiger partial charge in [0.05, 0.1) is 24.3 Å². The number of methoxy groups -OCH3 is 1. The maximum absolute atomic E-state index is 13.6. The number of aryl methyl sites for hydroxylation is 1. The van der Waals surface area contributed by atoms with Crippen molar-refractivity contribution in [1.29, 1.82) is 0 Å². The first-order valence-electron chi connectivity index (χ1n) is 15.9. The molecule has 5 aromatic rings. The summed E-state index contributed by atoms with van der Waals surface area (Å²) in [5, 5.41) is 19.2. The molecule has 308 valence electrons. The van der Waals surface area contributed by atoms with E-state index in [4.69, 9.17) is 25.5 Å². The SMILES string of the molecule is COc1ccc(COC(c2cccc(O)c2)(C(F)(F)F)C(F)(F)F)cc1.Cc1oc(-c2ccccc2Cl)nc1COc1cccc(C(O)(C(F)(F)F)C(F)(F)F)c1. The molecule has 0 aliphatic carbocycles. The third kappa shape index (κ3) is 9.53. The molecule has 0 saturated carbocycles. The predicted octanol–water partition coefficient (Wildman–Crippen LogP) is 11.1. The number of nitrogens with zero attached hydrogens (tertiary/aromatic N) is 1. The Kier molecular flexibility index (Phi) is 13.1. The second-order valence-electron chi connectivity index (χ2n) is 11.9. The Morgan fingerprint density at radius 1 is 0.667 bits per heavy atom. The Morgan fingerprint density at radius 3 is 1.79 bits per heavy atom. The van der Waals surface area contributed by atoms with Gasteiger partial charge < -0.3 is 28.8 Å². The van der Waals surface area contributed by atoms with Gasteiger partial charge in [-0.1, -0.05) is 60.1 Å². The minimum atomic E-state index is -5.99. The maximum atomic E-state index is 13.6. The summed E-state index contributed by atoms with van der Waals surface area (Å²) in [7, 11) is 1.37. The van der Waals surface area contributed by atoms with Crippen molar-refractivity contribution >= 4 is 11.6 Å². The lowest BCUT2D eigenvalue weighted by atomic mass is 9.91. The lowest BCUT2D eigenvalue weighted by molar-refractivity contribution is -0.392. The number of ether oxygens (including phenoxy) is 3. The highest BCUT2D eigenvalue weighted by Crippen LogP contribution is 2.54. The summed E-state index contributed by atoms with van der Waals surface area (Å²) in [6.07, 6.45) is -23.6. The van der Waals surface area contributed by atoms with Crippen LogP contribution in [0.15, 0.2) is 101 Å². The first kappa shape index (κ1) is 44.6. The molecule has 0 aliphatic rings. The van der Waals surface area contributed by atoms with Crippen LogP contribution in [0.3, 0.4) is 0 Å². The van der Waals surface area contributed by atoms with Crippen molar-refractivity contribution in [3.8, 4) is 28.7 Å². The molecule has 0 saturated heterocycles. The molecule has 0 bridgehead atoms. The van der Waals surface area contributed by atoms with Crippen molar-refractivity contribution in [1.82, 2.24) is 4.98 Å². The van der Waals surface area contributed by atoms with Crippen LogP contribution in [0, 0.1) is 6.92 Å². The fourth-order valence-electron chi connectivity index (χ4n) is 5.14. The fraction of sp³-hybridized carbons (Fsp3) is 0.270. The number of phenolic OH excluding ortho intramolecular Hbond substituents is 1. The normalized spacial score (nSPS) is 12.8. The smallest absolute Gasteiger partial charge is 0.430 e. The minimum absolute atomic E-state index is 0.0869. The molecule has 2 N–H and O–H groups in total. The van der Waals surface area contributed by atoms with Gasteiger partial charge >= 0.3 is 24.7 Å². The molecular weight excluding hydrogens is 818 g/mol. The van der Waals surface area contributed by atoms with Crippen LogP contribution in [0.25, 0.3) is 11.5 Å². The molecule has 20 heteroatoms. The lowest BCUT2D eigenvalue weighted by Gasteiger charge is -2.37. The van der Waals surface area contributed by atoms with Gasteiger partial charge in [-0.3, -0.25) is 0 Å². The Morgan fingerprint density at radius 2 is 1.25 bits per heavy atom. The number of hydrogen-bond acceptors (Lipinski definition) is 7. The lowest BCUT2D eigenvalue weighted by Crippen LogP contribution is -2.55. The zero-order valence-corrected chi connectivity index (χ0v) is 29.8. The number of aliphatic hydroxyl groups is 1. The van der Waals surface area contributed by atoms with E-state index in [1.54, 1.807) is 31.2 Å². The number of phenols is 1. The molecular formula is C37H28ClF12NO6. The zero-order chi connectivity index (χ0) is 42.6. The van der Waals surface area contributed by atoms with Crippen molar-refractivity contribution in [3.63, 3.8) is 0 Å². The van der Waals surface area contributed by atoms with Gasteiger partial charge in [-0.25, -0.2) is 4.98 Å². The van der Waals surface area contributed by atoms with E-state index in [0.29, 0.717) is 46.4 Å². The summed E-state index contributed by atoms with van der Waals surface area (Å²) in [6.45, 7) is 0.298. The van der Waals surface area contributed by atoms with Crippen molar-refractivity contribution in [2.45, 2.75) is 56.0 Å². The number of aromatic hydroxyl groups is 1. The Bertz CT molecular complexity index is 2080. The van der Waals surface area contributed by atoms with Crippen LogP contribution in [0.1, 0.15) is 28.1 Å². The second kappa shape index (κ2) is 16.8. The van der Waals surface area contributed by atoms with Crippen LogP contribution in [-0.4, -0.2) is 47.0 Å². The number of rotatable bonds is 10. The molecule has 1 aromatic heterocycles. The van der Waals surface area contributed by atoms with E-state index >= 15 is 0 Å². The highest BCUT2D eigenvalue weighted by Gasteiger charge is 2.74. The molecule has 0 spiro atoms. The van der Waals surface area contributed by atoms with Crippen LogP contribution in [0.2, 0.25) is 5.02 Å². The standard InChI is InChI=1S/C20H14ClF6NO3.C17H14F6O3/c1-11-16(28-17(31-11)14-7-2-3-8-15(14)21)10-30-13-6-4-5-12(9-13)18(29,19(22,23)24)20(25,26)27;1-25-14-7-5-11(6-8-14)10-26-15(16(18,19)20,17(21,22)23)12-3-2-4-13(24)9-12/h2-9,29H,10H2,1H3;2-9,24H,10H2,1H3. The Balaban J connectivity index is 0.000000257. The minimum Gasteiger partial charge on any atom is -0.508 e. The van der Waals surface area contributed by atoms with E-state index in [-0.39, 0.29) is 29.5 Å². The van der Waals surface area contributed by atoms with E-state index in [2.05, 4.69) is 9.72 Å². The number of benzene rings is 4. The maximum Gasteiger partial charge on any atom is 0.430 e. The van der Waals surface area contributed by atoms with E-state index in [9.17, 15) is 62.9 Å². The monoisotopic (exact) mass is 845 g/mol. The molecule has 57 heavy (non-hydrogen) atoms. The van der Waals surface area contributed by atoms with E-state index < -0.39 is 59.4 Å². The van der Waals surface area contributed by atoms with Crippen LogP contribution < -0.4 is 9.47 Å². The van der Waals surface area contributed by atoms with Gasteiger partial charge in [0.1, 0.15) is 35.3 Å². The number of hydrogen-bond donors (Lipinski definition) is 2. The Hall–Kier alpha value is -5.14. The van der Waals surface area contributed by atoms with Crippen molar-refractivity contribution in [2.75, 3.05) is 7.11 Å². The fourth-order valence-corrected chi connectivity index (χ4v) is 5.35. The third-order valence-electron chi connectivity index (χ3n) is 8.11. The summed E-state index contributed by atoms with van der Waals surface area (Å²) in [5.74, 6) is -0.175. The van der Waals surface area contributed by atoms with Gasteiger partial charge in [0.15, 0.2) is 0 Å². The summed E-state index contributed by atoms with van der Waals surface area (Å²) >= 11 is 6.09. The molecule has 0 unspecified atom stereocenters. The van der Waals surface area contributed by atoms with E-state index in [1.165, 1.54) is 31.4 Å². The molecule has 7 nitrogen and oxygen atoms in total. The van der Waals surface area contributed by atoms with Crippen LogP contribution in [0.4, 0.5) is 52.7 Å². The average Bonchev–Trinajstić information content (AvgIpc) is 3.49. The van der Waals surface area contributed by atoms with Gasteiger partial charge in [0.25, 0.3) is 11.2 Å². The van der Waals surface area contributed by atoms with Gasteiger partial charge in [-0.15, -0.1) is 0 Å². The zero-order valence-electron chi connectivity index (χ0n) is 29.0. The van der Waals surface area contributed by atoms with Gasteiger partial charge in [0, 0.05) is 11.1 Å². The number of alkyl halides is 12.